The van der Waals surface area contributed by atoms with Gasteiger partial charge in [0.1, 0.15) is 0 Å². The van der Waals surface area contributed by atoms with Crippen LogP contribution in [0.25, 0.3) is 33.8 Å². The molecule has 2 N–H and O–H groups in total. The first kappa shape index (κ1) is 11.7. The second-order valence-electron chi connectivity index (χ2n) is 4.74. The quantitative estimate of drug-likeness (QED) is 0.591. The van der Waals surface area contributed by atoms with Crippen LogP contribution < -0.4 is 5.69 Å². The summed E-state index contributed by atoms with van der Waals surface area (Å²) in [5.41, 5.74) is 3.07. The Morgan fingerprint density at radius 1 is 0.905 bits per heavy atom. The topological polar surface area (TPSA) is 74.7 Å². The third-order valence-corrected chi connectivity index (χ3v) is 3.33. The molecule has 0 amide bonds. The molecule has 0 saturated heterocycles. The number of hydrogen-bond acceptors (Lipinski definition) is 3. The fourth-order valence-electron chi connectivity index (χ4n) is 2.31. The van der Waals surface area contributed by atoms with Crippen LogP contribution in [0.15, 0.2) is 63.9 Å². The van der Waals surface area contributed by atoms with E-state index in [-0.39, 0.29) is 5.69 Å². The van der Waals surface area contributed by atoms with Gasteiger partial charge in [0.15, 0.2) is 5.76 Å². The summed E-state index contributed by atoms with van der Waals surface area (Å²) in [5.74, 6) is 1.24. The summed E-state index contributed by atoms with van der Waals surface area (Å²) in [4.78, 5) is 21.0. The molecule has 0 atom stereocenters. The number of aromatic nitrogens is 3. The van der Waals surface area contributed by atoms with Gasteiger partial charge in [0, 0.05) is 11.1 Å². The van der Waals surface area contributed by atoms with E-state index in [1.165, 1.54) is 0 Å². The van der Waals surface area contributed by atoms with Gasteiger partial charge in [-0.15, -0.1) is 0 Å². The molecule has 0 spiro atoms. The predicted molar refractivity (Wildman–Crippen MR) is 79.9 cm³/mol. The third kappa shape index (κ3) is 2.04. The second kappa shape index (κ2) is 4.49. The van der Waals surface area contributed by atoms with Crippen molar-refractivity contribution in [2.75, 3.05) is 0 Å². The number of hydrogen-bond donors (Lipinski definition) is 2. The number of oxazole rings is 1. The largest absolute Gasteiger partial charge is 0.436 e. The number of benzene rings is 2. The lowest BCUT2D eigenvalue weighted by atomic mass is 10.2. The zero-order valence-electron chi connectivity index (χ0n) is 11.0. The monoisotopic (exact) mass is 277 g/mol. The van der Waals surface area contributed by atoms with E-state index in [1.54, 1.807) is 6.20 Å². The van der Waals surface area contributed by atoms with Crippen molar-refractivity contribution in [1.82, 2.24) is 15.0 Å². The molecule has 4 aromatic rings. The van der Waals surface area contributed by atoms with E-state index in [2.05, 4.69) is 15.0 Å². The van der Waals surface area contributed by atoms with Crippen LogP contribution in [0.5, 0.6) is 0 Å². The molecule has 0 unspecified atom stereocenters. The van der Waals surface area contributed by atoms with Gasteiger partial charge in [-0.3, -0.25) is 0 Å². The molecule has 0 radical (unpaired) electrons. The van der Waals surface area contributed by atoms with Crippen molar-refractivity contribution in [3.63, 3.8) is 0 Å². The SMILES string of the molecule is O=c1[nH]c2ccc(-c3ncc(-c4ccccc4)o3)cc2[nH]1. The zero-order valence-corrected chi connectivity index (χ0v) is 11.0. The lowest BCUT2D eigenvalue weighted by molar-refractivity contribution is 0.589. The molecule has 102 valence electrons. The van der Waals surface area contributed by atoms with E-state index in [1.807, 2.05) is 48.5 Å². The Bertz CT molecular complexity index is 964. The summed E-state index contributed by atoms with van der Waals surface area (Å²) in [6.07, 6.45) is 1.70. The number of imidazole rings is 1. The van der Waals surface area contributed by atoms with Gasteiger partial charge in [-0.25, -0.2) is 9.78 Å². The van der Waals surface area contributed by atoms with Crippen LogP contribution >= 0.6 is 0 Å². The van der Waals surface area contributed by atoms with E-state index in [0.29, 0.717) is 11.7 Å². The number of H-pyrrole nitrogens is 2. The van der Waals surface area contributed by atoms with Crippen molar-refractivity contribution in [2.45, 2.75) is 0 Å². The van der Waals surface area contributed by atoms with Crippen LogP contribution in [-0.4, -0.2) is 15.0 Å². The van der Waals surface area contributed by atoms with Gasteiger partial charge in [0.25, 0.3) is 0 Å². The summed E-state index contributed by atoms with van der Waals surface area (Å²) in [7, 11) is 0. The van der Waals surface area contributed by atoms with Crippen LogP contribution in [0.3, 0.4) is 0 Å². The van der Waals surface area contributed by atoms with Gasteiger partial charge < -0.3 is 14.4 Å². The lowest BCUT2D eigenvalue weighted by Gasteiger charge is -1.97. The molecule has 0 fully saturated rings. The molecule has 0 aliphatic carbocycles. The minimum atomic E-state index is -0.223. The molecule has 4 rings (SSSR count). The highest BCUT2D eigenvalue weighted by molar-refractivity contribution is 5.79. The van der Waals surface area contributed by atoms with Crippen LogP contribution in [0.2, 0.25) is 0 Å². The maximum Gasteiger partial charge on any atom is 0.323 e. The van der Waals surface area contributed by atoms with Crippen LogP contribution in [0.4, 0.5) is 0 Å². The Kier molecular flexibility index (Phi) is 2.50. The number of nitrogens with one attached hydrogen (secondary N) is 2. The summed E-state index contributed by atoms with van der Waals surface area (Å²) >= 11 is 0. The minimum Gasteiger partial charge on any atom is -0.436 e. The highest BCUT2D eigenvalue weighted by Crippen LogP contribution is 2.26. The fourth-order valence-corrected chi connectivity index (χ4v) is 2.31. The number of rotatable bonds is 2. The lowest BCUT2D eigenvalue weighted by Crippen LogP contribution is -1.99. The van der Waals surface area contributed by atoms with Crippen molar-refractivity contribution in [2.24, 2.45) is 0 Å². The Morgan fingerprint density at radius 3 is 2.57 bits per heavy atom. The predicted octanol–water partition coefficient (Wildman–Crippen LogP) is 3.18. The normalized spacial score (nSPS) is 11.0. The minimum absolute atomic E-state index is 0.223. The van der Waals surface area contributed by atoms with Gasteiger partial charge in [-0.2, -0.15) is 0 Å². The average molecular weight is 277 g/mol. The standard InChI is InChI=1S/C16H11N3O2/c20-16-18-12-7-6-11(8-13(12)19-16)15-17-9-14(21-15)10-4-2-1-3-5-10/h1-9H,(H2,18,19,20). The second-order valence-corrected chi connectivity index (χ2v) is 4.74. The van der Waals surface area contributed by atoms with Gasteiger partial charge in [-0.05, 0) is 18.2 Å². The highest BCUT2D eigenvalue weighted by atomic mass is 16.4. The van der Waals surface area contributed by atoms with E-state index in [0.717, 1.165) is 22.2 Å². The van der Waals surface area contributed by atoms with Gasteiger partial charge in [0.05, 0.1) is 17.2 Å². The van der Waals surface area contributed by atoms with Crippen molar-refractivity contribution in [1.29, 1.82) is 0 Å². The molecule has 5 heteroatoms. The van der Waals surface area contributed by atoms with Crippen molar-refractivity contribution >= 4 is 11.0 Å². The number of aromatic amines is 2. The fraction of sp³-hybridized carbons (Fsp3) is 0. The van der Waals surface area contributed by atoms with Gasteiger partial charge in [0.2, 0.25) is 5.89 Å². The number of fused-ring (bicyclic) bond motifs is 1. The Labute approximate surface area is 119 Å². The van der Waals surface area contributed by atoms with E-state index < -0.39 is 0 Å². The zero-order chi connectivity index (χ0) is 14.2. The molecule has 0 bridgehead atoms. The summed E-state index contributed by atoms with van der Waals surface area (Å²) in [6.45, 7) is 0. The molecular formula is C16H11N3O2. The third-order valence-electron chi connectivity index (χ3n) is 3.33. The van der Waals surface area contributed by atoms with E-state index in [4.69, 9.17) is 4.42 Å². The molecule has 0 aliphatic rings. The van der Waals surface area contributed by atoms with Gasteiger partial charge >= 0.3 is 5.69 Å². The van der Waals surface area contributed by atoms with Gasteiger partial charge in [-0.1, -0.05) is 30.3 Å². The molecule has 0 saturated carbocycles. The highest BCUT2D eigenvalue weighted by Gasteiger charge is 2.09. The first-order chi connectivity index (χ1) is 10.3. The Hall–Kier alpha value is -3.08. The van der Waals surface area contributed by atoms with Crippen molar-refractivity contribution < 1.29 is 4.42 Å². The molecule has 2 heterocycles. The van der Waals surface area contributed by atoms with E-state index in [9.17, 15) is 4.79 Å². The average Bonchev–Trinajstić information content (AvgIpc) is 3.12. The molecule has 21 heavy (non-hydrogen) atoms. The summed E-state index contributed by atoms with van der Waals surface area (Å²) in [6, 6.07) is 15.3. The smallest absolute Gasteiger partial charge is 0.323 e. The van der Waals surface area contributed by atoms with Crippen molar-refractivity contribution in [3.8, 4) is 22.8 Å². The maximum absolute atomic E-state index is 11.3. The van der Waals surface area contributed by atoms with E-state index >= 15 is 0 Å². The summed E-state index contributed by atoms with van der Waals surface area (Å²) < 4.78 is 5.80. The first-order valence-corrected chi connectivity index (χ1v) is 6.53. The first-order valence-electron chi connectivity index (χ1n) is 6.53. The van der Waals surface area contributed by atoms with Crippen LogP contribution in [-0.2, 0) is 0 Å². The molecule has 2 aromatic heterocycles. The Morgan fingerprint density at radius 2 is 1.71 bits per heavy atom. The molecule has 2 aromatic carbocycles. The summed E-state index contributed by atoms with van der Waals surface area (Å²) in [5, 5.41) is 0. The maximum atomic E-state index is 11.3. The van der Waals surface area contributed by atoms with Crippen LogP contribution in [0, 0.1) is 0 Å². The molecule has 5 nitrogen and oxygen atoms in total. The molecular weight excluding hydrogens is 266 g/mol. The Balaban J connectivity index is 1.78. The van der Waals surface area contributed by atoms with Crippen LogP contribution in [0.1, 0.15) is 0 Å². The number of nitrogens with zero attached hydrogens (tertiary/aromatic N) is 1. The molecule has 0 aliphatic heterocycles. The van der Waals surface area contributed by atoms with Crippen molar-refractivity contribution in [3.05, 3.63) is 65.2 Å².